The molecule has 2 rings (SSSR count). The van der Waals surface area contributed by atoms with Gasteiger partial charge >= 0.3 is 0 Å². The van der Waals surface area contributed by atoms with Crippen molar-refractivity contribution in [1.29, 1.82) is 0 Å². The number of pyridine rings is 1. The van der Waals surface area contributed by atoms with E-state index in [9.17, 15) is 0 Å². The molecule has 0 bridgehead atoms. The molecule has 3 nitrogen and oxygen atoms in total. The highest BCUT2D eigenvalue weighted by Gasteiger charge is 2.16. The van der Waals surface area contributed by atoms with Crippen molar-refractivity contribution < 1.29 is 4.74 Å². The summed E-state index contributed by atoms with van der Waals surface area (Å²) in [5, 5.41) is 0.605. The smallest absolute Gasteiger partial charge is 0.213 e. The van der Waals surface area contributed by atoms with Crippen LogP contribution in [0.4, 0.5) is 0 Å². The number of rotatable bonds is 5. The summed E-state index contributed by atoms with van der Waals surface area (Å²) in [5.74, 6) is 1.49. The van der Waals surface area contributed by atoms with Crippen molar-refractivity contribution in [2.45, 2.75) is 32.2 Å². The number of aromatic nitrogens is 1. The van der Waals surface area contributed by atoms with Gasteiger partial charge in [0.25, 0.3) is 0 Å². The lowest BCUT2D eigenvalue weighted by Gasteiger charge is -2.24. The Morgan fingerprint density at radius 1 is 1.50 bits per heavy atom. The van der Waals surface area contributed by atoms with Crippen LogP contribution < -0.4 is 10.5 Å². The average molecular weight is 241 g/mol. The van der Waals surface area contributed by atoms with E-state index in [1.807, 2.05) is 6.07 Å². The highest BCUT2D eigenvalue weighted by molar-refractivity contribution is 6.31. The summed E-state index contributed by atoms with van der Waals surface area (Å²) < 4.78 is 5.58. The summed E-state index contributed by atoms with van der Waals surface area (Å²) in [7, 11) is 0. The van der Waals surface area contributed by atoms with Crippen LogP contribution in [0.2, 0.25) is 5.02 Å². The van der Waals surface area contributed by atoms with Crippen molar-refractivity contribution >= 4 is 11.6 Å². The van der Waals surface area contributed by atoms with Crippen LogP contribution in [-0.2, 0) is 6.54 Å². The first-order chi connectivity index (χ1) is 7.79. The summed E-state index contributed by atoms with van der Waals surface area (Å²) in [5.41, 5.74) is 6.44. The van der Waals surface area contributed by atoms with Crippen LogP contribution in [0.5, 0.6) is 5.88 Å². The molecule has 88 valence electrons. The summed E-state index contributed by atoms with van der Waals surface area (Å²) >= 11 is 5.91. The minimum atomic E-state index is 0.417. The molecule has 0 saturated heterocycles. The van der Waals surface area contributed by atoms with E-state index in [1.54, 1.807) is 6.20 Å². The van der Waals surface area contributed by atoms with Crippen LogP contribution in [0, 0.1) is 5.92 Å². The molecule has 0 spiro atoms. The van der Waals surface area contributed by atoms with Crippen LogP contribution in [0.15, 0.2) is 12.3 Å². The quantitative estimate of drug-likeness (QED) is 0.861. The van der Waals surface area contributed by atoms with E-state index in [1.165, 1.54) is 19.3 Å². The zero-order valence-corrected chi connectivity index (χ0v) is 10.0. The third-order valence-corrected chi connectivity index (χ3v) is 3.47. The van der Waals surface area contributed by atoms with Crippen LogP contribution in [0.3, 0.4) is 0 Å². The topological polar surface area (TPSA) is 48.1 Å². The Balaban J connectivity index is 1.83. The fourth-order valence-corrected chi connectivity index (χ4v) is 1.99. The third-order valence-electron chi connectivity index (χ3n) is 3.13. The van der Waals surface area contributed by atoms with Crippen LogP contribution in [0.1, 0.15) is 31.2 Å². The Morgan fingerprint density at radius 3 is 2.94 bits per heavy atom. The molecule has 1 saturated carbocycles. The van der Waals surface area contributed by atoms with E-state index >= 15 is 0 Å². The molecule has 2 N–H and O–H groups in total. The first kappa shape index (κ1) is 11.7. The molecule has 0 unspecified atom stereocenters. The van der Waals surface area contributed by atoms with E-state index in [4.69, 9.17) is 22.1 Å². The highest BCUT2D eigenvalue weighted by atomic mass is 35.5. The SMILES string of the molecule is NCc1cc(OCCC2CCC2)ncc1Cl. The number of hydrogen-bond donors (Lipinski definition) is 1. The second-order valence-corrected chi connectivity index (χ2v) is 4.66. The number of hydrogen-bond acceptors (Lipinski definition) is 3. The van der Waals surface area contributed by atoms with Crippen LogP contribution >= 0.6 is 11.6 Å². The molecule has 1 aromatic rings. The lowest BCUT2D eigenvalue weighted by molar-refractivity contribution is 0.217. The Kier molecular flexibility index (Phi) is 4.02. The first-order valence-corrected chi connectivity index (χ1v) is 6.14. The molecule has 16 heavy (non-hydrogen) atoms. The van der Waals surface area contributed by atoms with E-state index in [0.717, 1.165) is 24.5 Å². The largest absolute Gasteiger partial charge is 0.478 e. The van der Waals surface area contributed by atoms with E-state index in [-0.39, 0.29) is 0 Å². The monoisotopic (exact) mass is 240 g/mol. The van der Waals surface area contributed by atoms with Gasteiger partial charge in [-0.2, -0.15) is 0 Å². The molecule has 0 radical (unpaired) electrons. The van der Waals surface area contributed by atoms with Gasteiger partial charge in [-0.05, 0) is 17.9 Å². The predicted molar refractivity (Wildman–Crippen MR) is 64.6 cm³/mol. The normalized spacial score (nSPS) is 15.9. The lowest BCUT2D eigenvalue weighted by atomic mass is 9.83. The van der Waals surface area contributed by atoms with Crippen molar-refractivity contribution in [2.75, 3.05) is 6.61 Å². The standard InChI is InChI=1S/C12H17ClN2O/c13-11-8-15-12(6-10(11)7-14)16-5-4-9-2-1-3-9/h6,8-9H,1-5,7,14H2. The van der Waals surface area contributed by atoms with E-state index in [2.05, 4.69) is 4.98 Å². The van der Waals surface area contributed by atoms with Crippen molar-refractivity contribution in [1.82, 2.24) is 4.98 Å². The van der Waals surface area contributed by atoms with Gasteiger partial charge in [0.05, 0.1) is 11.6 Å². The van der Waals surface area contributed by atoms with Gasteiger partial charge in [-0.15, -0.1) is 0 Å². The third kappa shape index (κ3) is 2.86. The minimum Gasteiger partial charge on any atom is -0.478 e. The number of ether oxygens (including phenoxy) is 1. The maximum atomic E-state index is 5.91. The van der Waals surface area contributed by atoms with Gasteiger partial charge in [-0.3, -0.25) is 0 Å². The van der Waals surface area contributed by atoms with Crippen molar-refractivity contribution in [2.24, 2.45) is 11.7 Å². The molecule has 1 heterocycles. The Labute approximate surface area is 101 Å². The zero-order valence-electron chi connectivity index (χ0n) is 9.29. The molecule has 0 atom stereocenters. The van der Waals surface area contributed by atoms with Gasteiger partial charge in [0.1, 0.15) is 0 Å². The summed E-state index contributed by atoms with van der Waals surface area (Å²) in [4.78, 5) is 4.12. The Bertz CT molecular complexity index is 353. The van der Waals surface area contributed by atoms with Gasteiger partial charge in [0, 0.05) is 18.8 Å². The second-order valence-electron chi connectivity index (χ2n) is 4.25. The highest BCUT2D eigenvalue weighted by Crippen LogP contribution is 2.29. The van der Waals surface area contributed by atoms with Crippen LogP contribution in [-0.4, -0.2) is 11.6 Å². The summed E-state index contributed by atoms with van der Waals surface area (Å²) in [6, 6.07) is 1.82. The first-order valence-electron chi connectivity index (χ1n) is 5.77. The van der Waals surface area contributed by atoms with Crippen molar-refractivity contribution in [3.05, 3.63) is 22.8 Å². The van der Waals surface area contributed by atoms with Crippen molar-refractivity contribution in [3.63, 3.8) is 0 Å². The number of nitrogens with two attached hydrogens (primary N) is 1. The maximum absolute atomic E-state index is 5.91. The molecule has 1 aliphatic rings. The van der Waals surface area contributed by atoms with E-state index in [0.29, 0.717) is 17.4 Å². The van der Waals surface area contributed by atoms with Gasteiger partial charge in [0.15, 0.2) is 0 Å². The molecule has 0 amide bonds. The Hall–Kier alpha value is -0.800. The van der Waals surface area contributed by atoms with Crippen molar-refractivity contribution in [3.8, 4) is 5.88 Å². The minimum absolute atomic E-state index is 0.417. The summed E-state index contributed by atoms with van der Waals surface area (Å²) in [6.07, 6.45) is 6.81. The summed E-state index contributed by atoms with van der Waals surface area (Å²) in [6.45, 7) is 1.16. The van der Waals surface area contributed by atoms with Gasteiger partial charge < -0.3 is 10.5 Å². The fourth-order valence-electron chi connectivity index (χ4n) is 1.81. The Morgan fingerprint density at radius 2 is 2.31 bits per heavy atom. The van der Waals surface area contributed by atoms with Crippen LogP contribution in [0.25, 0.3) is 0 Å². The number of nitrogens with zero attached hydrogens (tertiary/aromatic N) is 1. The number of halogens is 1. The van der Waals surface area contributed by atoms with E-state index < -0.39 is 0 Å². The van der Waals surface area contributed by atoms with Gasteiger partial charge in [0.2, 0.25) is 5.88 Å². The van der Waals surface area contributed by atoms with Gasteiger partial charge in [-0.1, -0.05) is 30.9 Å². The molecule has 1 fully saturated rings. The predicted octanol–water partition coefficient (Wildman–Crippen LogP) is 2.76. The molecule has 1 aromatic heterocycles. The maximum Gasteiger partial charge on any atom is 0.213 e. The zero-order chi connectivity index (χ0) is 11.4. The molecular weight excluding hydrogens is 224 g/mol. The van der Waals surface area contributed by atoms with Gasteiger partial charge in [-0.25, -0.2) is 4.98 Å². The molecule has 1 aliphatic carbocycles. The molecule has 4 heteroatoms. The molecule has 0 aliphatic heterocycles. The second kappa shape index (κ2) is 5.51. The lowest BCUT2D eigenvalue weighted by Crippen LogP contribution is -2.14. The average Bonchev–Trinajstić information content (AvgIpc) is 2.24. The molecular formula is C12H17ClN2O. The molecule has 0 aromatic carbocycles. The fraction of sp³-hybridized carbons (Fsp3) is 0.583.